The van der Waals surface area contributed by atoms with Crippen molar-refractivity contribution in [3.8, 4) is 0 Å². The number of amides is 4. The summed E-state index contributed by atoms with van der Waals surface area (Å²) in [6.45, 7) is 0. The monoisotopic (exact) mass is 329 g/mol. The maximum atomic E-state index is 12.1. The minimum atomic E-state index is -0.532. The third-order valence-corrected chi connectivity index (χ3v) is 3.68. The van der Waals surface area contributed by atoms with Gasteiger partial charge in [-0.3, -0.25) is 14.5 Å². The Morgan fingerprint density at radius 1 is 1.04 bits per heavy atom. The molecule has 3 rings (SSSR count). The summed E-state index contributed by atoms with van der Waals surface area (Å²) < 4.78 is 0. The van der Waals surface area contributed by atoms with Crippen LogP contribution in [0.5, 0.6) is 0 Å². The molecule has 0 radical (unpaired) electrons. The number of halogens is 1. The lowest BCUT2D eigenvalue weighted by atomic mass is 10.1. The summed E-state index contributed by atoms with van der Waals surface area (Å²) in [4.78, 5) is 37.2. The maximum Gasteiger partial charge on any atom is 0.323 e. The van der Waals surface area contributed by atoms with Gasteiger partial charge in [-0.2, -0.15) is 0 Å². The van der Waals surface area contributed by atoms with E-state index in [9.17, 15) is 14.4 Å². The average Bonchev–Trinajstić information content (AvgIpc) is 2.73. The number of imide groups is 1. The van der Waals surface area contributed by atoms with Gasteiger partial charge < -0.3 is 10.6 Å². The summed E-state index contributed by atoms with van der Waals surface area (Å²) in [5, 5.41) is 5.70. The molecule has 0 saturated carbocycles. The lowest BCUT2D eigenvalue weighted by Gasteiger charge is -2.10. The molecule has 0 spiro atoms. The van der Waals surface area contributed by atoms with Gasteiger partial charge in [0.2, 0.25) is 0 Å². The Labute approximate surface area is 137 Å². The highest BCUT2D eigenvalue weighted by atomic mass is 35.5. The van der Waals surface area contributed by atoms with Gasteiger partial charge in [-0.15, -0.1) is 0 Å². The van der Waals surface area contributed by atoms with Gasteiger partial charge in [0, 0.05) is 17.8 Å². The second kappa shape index (κ2) is 5.73. The van der Waals surface area contributed by atoms with Gasteiger partial charge >= 0.3 is 6.03 Å². The fourth-order valence-corrected chi connectivity index (χ4v) is 2.55. The Bertz CT molecular complexity index is 835. The highest BCUT2D eigenvalue weighted by Gasteiger charge is 2.35. The lowest BCUT2D eigenvalue weighted by Crippen LogP contribution is -2.25. The van der Waals surface area contributed by atoms with Crippen LogP contribution in [0, 0.1) is 0 Å². The number of carbonyl (C=O) groups is 3. The largest absolute Gasteiger partial charge is 0.323 e. The van der Waals surface area contributed by atoms with Crippen molar-refractivity contribution in [1.82, 2.24) is 4.90 Å². The molecule has 0 atom stereocenters. The summed E-state index contributed by atoms with van der Waals surface area (Å²) in [5.41, 5.74) is 1.27. The smallest absolute Gasteiger partial charge is 0.308 e. The van der Waals surface area contributed by atoms with Gasteiger partial charge in [-0.25, -0.2) is 4.79 Å². The van der Waals surface area contributed by atoms with E-state index in [0.29, 0.717) is 10.7 Å². The van der Waals surface area contributed by atoms with E-state index in [1.165, 1.54) is 7.05 Å². The molecule has 0 aromatic heterocycles. The lowest BCUT2D eigenvalue weighted by molar-refractivity contribution is 0.0693. The number of hydrogen-bond acceptors (Lipinski definition) is 3. The number of nitrogens with zero attached hydrogens (tertiary/aromatic N) is 1. The molecule has 1 aliphatic rings. The molecular weight excluding hydrogens is 318 g/mol. The second-order valence-corrected chi connectivity index (χ2v) is 5.42. The molecule has 4 amide bonds. The van der Waals surface area contributed by atoms with E-state index in [1.807, 2.05) is 0 Å². The van der Waals surface area contributed by atoms with Crippen molar-refractivity contribution >= 4 is 40.8 Å². The van der Waals surface area contributed by atoms with E-state index in [0.717, 1.165) is 4.90 Å². The fourth-order valence-electron chi connectivity index (χ4n) is 2.36. The Morgan fingerprint density at radius 2 is 1.78 bits per heavy atom. The van der Waals surface area contributed by atoms with Crippen LogP contribution in [-0.4, -0.2) is 29.8 Å². The second-order valence-electron chi connectivity index (χ2n) is 4.99. The Morgan fingerprint density at radius 3 is 2.52 bits per heavy atom. The van der Waals surface area contributed by atoms with Crippen LogP contribution in [0.15, 0.2) is 42.5 Å². The first-order chi connectivity index (χ1) is 11.0. The van der Waals surface area contributed by atoms with Gasteiger partial charge in [-0.05, 0) is 30.3 Å². The normalized spacial score (nSPS) is 13.0. The number of hydrogen-bond donors (Lipinski definition) is 2. The molecule has 1 heterocycles. The zero-order chi connectivity index (χ0) is 16.6. The van der Waals surface area contributed by atoms with Crippen molar-refractivity contribution in [2.75, 3.05) is 17.7 Å². The van der Waals surface area contributed by atoms with Crippen LogP contribution >= 0.6 is 11.6 Å². The first kappa shape index (κ1) is 15.1. The molecule has 0 saturated heterocycles. The number of urea groups is 1. The Hall–Kier alpha value is -2.86. The van der Waals surface area contributed by atoms with Gasteiger partial charge in [0.15, 0.2) is 0 Å². The SMILES string of the molecule is CN1C(=O)c2cccc(NC(=O)Nc3cccc(Cl)c3)c2C1=O. The van der Waals surface area contributed by atoms with Gasteiger partial charge in [0.25, 0.3) is 11.8 Å². The van der Waals surface area contributed by atoms with Gasteiger partial charge in [0.05, 0.1) is 16.8 Å². The number of benzene rings is 2. The highest BCUT2D eigenvalue weighted by Crippen LogP contribution is 2.28. The zero-order valence-corrected chi connectivity index (χ0v) is 12.8. The quantitative estimate of drug-likeness (QED) is 0.830. The van der Waals surface area contributed by atoms with Crippen molar-refractivity contribution in [2.45, 2.75) is 0 Å². The van der Waals surface area contributed by atoms with Crippen molar-refractivity contribution < 1.29 is 14.4 Å². The fraction of sp³-hybridized carbons (Fsp3) is 0.0625. The van der Waals surface area contributed by atoms with E-state index >= 15 is 0 Å². The molecule has 2 aromatic carbocycles. The standard InChI is InChI=1S/C16H12ClN3O3/c1-20-14(21)11-6-3-7-12(13(11)15(20)22)19-16(23)18-10-5-2-4-9(17)8-10/h2-8H,1H3,(H2,18,19,23). The van der Waals surface area contributed by atoms with Crippen molar-refractivity contribution in [2.24, 2.45) is 0 Å². The molecule has 0 fully saturated rings. The van der Waals surface area contributed by atoms with Crippen LogP contribution < -0.4 is 10.6 Å². The van der Waals surface area contributed by atoms with Crippen molar-refractivity contribution in [3.05, 3.63) is 58.6 Å². The van der Waals surface area contributed by atoms with Crippen LogP contribution in [0.1, 0.15) is 20.7 Å². The molecule has 23 heavy (non-hydrogen) atoms. The molecule has 0 bridgehead atoms. The molecule has 7 heteroatoms. The zero-order valence-electron chi connectivity index (χ0n) is 12.1. The molecule has 0 aliphatic carbocycles. The molecule has 2 aromatic rings. The molecular formula is C16H12ClN3O3. The summed E-state index contributed by atoms with van der Waals surface area (Å²) in [5.74, 6) is -0.826. The first-order valence-corrected chi connectivity index (χ1v) is 7.14. The van der Waals surface area contributed by atoms with E-state index in [-0.39, 0.29) is 22.7 Å². The molecule has 6 nitrogen and oxygen atoms in total. The Balaban J connectivity index is 1.83. The minimum absolute atomic E-state index is 0.196. The topological polar surface area (TPSA) is 78.5 Å². The third kappa shape index (κ3) is 2.76. The van der Waals surface area contributed by atoms with Crippen LogP contribution in [0.25, 0.3) is 0 Å². The molecule has 2 N–H and O–H groups in total. The van der Waals surface area contributed by atoms with Gasteiger partial charge in [0.1, 0.15) is 0 Å². The Kier molecular flexibility index (Phi) is 3.75. The first-order valence-electron chi connectivity index (χ1n) is 6.76. The summed E-state index contributed by atoms with van der Waals surface area (Å²) in [6.07, 6.45) is 0. The molecule has 0 unspecified atom stereocenters. The number of nitrogens with one attached hydrogen (secondary N) is 2. The summed E-state index contributed by atoms with van der Waals surface area (Å²) in [7, 11) is 1.40. The van der Waals surface area contributed by atoms with E-state index in [2.05, 4.69) is 10.6 Å². The third-order valence-electron chi connectivity index (χ3n) is 3.45. The van der Waals surface area contributed by atoms with Crippen LogP contribution in [0.4, 0.5) is 16.2 Å². The van der Waals surface area contributed by atoms with Crippen LogP contribution in [-0.2, 0) is 0 Å². The molecule has 116 valence electrons. The summed E-state index contributed by atoms with van der Waals surface area (Å²) in [6, 6.07) is 10.9. The number of fused-ring (bicyclic) bond motifs is 1. The van der Waals surface area contributed by atoms with E-state index in [1.54, 1.807) is 42.5 Å². The van der Waals surface area contributed by atoms with Crippen LogP contribution in [0.3, 0.4) is 0 Å². The van der Waals surface area contributed by atoms with Crippen LogP contribution in [0.2, 0.25) is 5.02 Å². The summed E-state index contributed by atoms with van der Waals surface area (Å²) >= 11 is 5.86. The highest BCUT2D eigenvalue weighted by molar-refractivity contribution is 6.31. The number of anilines is 2. The maximum absolute atomic E-state index is 12.1. The van der Waals surface area contributed by atoms with Crippen molar-refractivity contribution in [3.63, 3.8) is 0 Å². The van der Waals surface area contributed by atoms with E-state index in [4.69, 9.17) is 11.6 Å². The van der Waals surface area contributed by atoms with E-state index < -0.39 is 11.9 Å². The number of rotatable bonds is 2. The molecule has 1 aliphatic heterocycles. The van der Waals surface area contributed by atoms with Crippen molar-refractivity contribution in [1.29, 1.82) is 0 Å². The van der Waals surface area contributed by atoms with Gasteiger partial charge in [-0.1, -0.05) is 23.7 Å². The predicted octanol–water partition coefficient (Wildman–Crippen LogP) is 3.21. The predicted molar refractivity (Wildman–Crippen MR) is 87.0 cm³/mol. The number of carbonyl (C=O) groups excluding carboxylic acids is 3. The average molecular weight is 330 g/mol. The minimum Gasteiger partial charge on any atom is -0.308 e.